The number of carbonyl (C=O) groups is 1. The summed E-state index contributed by atoms with van der Waals surface area (Å²) in [4.78, 5) is 19.2. The predicted molar refractivity (Wildman–Crippen MR) is 103 cm³/mol. The highest BCUT2D eigenvalue weighted by molar-refractivity contribution is 7.89. The summed E-state index contributed by atoms with van der Waals surface area (Å²) in [6.07, 6.45) is 4.97. The first-order chi connectivity index (χ1) is 13.5. The molecule has 0 bridgehead atoms. The van der Waals surface area contributed by atoms with Crippen molar-refractivity contribution in [1.82, 2.24) is 14.7 Å². The second kappa shape index (κ2) is 8.59. The Morgan fingerprint density at radius 3 is 2.50 bits per heavy atom. The molecular weight excluding hydrogens is 380 g/mol. The van der Waals surface area contributed by atoms with Gasteiger partial charge in [0.15, 0.2) is 6.61 Å². The SMILES string of the molecule is NC(=O)COc1ccc(S(=O)(=O)NCc2cccnc2-c2cccnc2)cc1. The number of rotatable bonds is 8. The number of nitrogens with zero attached hydrogens (tertiary/aromatic N) is 2. The van der Waals surface area contributed by atoms with Gasteiger partial charge >= 0.3 is 0 Å². The predicted octanol–water partition coefficient (Wildman–Crippen LogP) is 1.49. The molecule has 1 aromatic carbocycles. The van der Waals surface area contributed by atoms with Crippen molar-refractivity contribution >= 4 is 15.9 Å². The lowest BCUT2D eigenvalue weighted by atomic mass is 10.1. The van der Waals surface area contributed by atoms with Crippen LogP contribution < -0.4 is 15.2 Å². The number of sulfonamides is 1. The van der Waals surface area contributed by atoms with Crippen molar-refractivity contribution < 1.29 is 17.9 Å². The van der Waals surface area contributed by atoms with Crippen LogP contribution in [0, 0.1) is 0 Å². The van der Waals surface area contributed by atoms with Gasteiger partial charge in [-0.2, -0.15) is 0 Å². The first-order valence-electron chi connectivity index (χ1n) is 8.31. The maximum Gasteiger partial charge on any atom is 0.255 e. The Bertz CT molecular complexity index is 1050. The van der Waals surface area contributed by atoms with Crippen LogP contribution in [0.25, 0.3) is 11.3 Å². The third kappa shape index (κ3) is 4.90. The number of nitrogens with two attached hydrogens (primary N) is 1. The van der Waals surface area contributed by atoms with Gasteiger partial charge in [0.05, 0.1) is 10.6 Å². The van der Waals surface area contributed by atoms with E-state index in [1.54, 1.807) is 36.8 Å². The van der Waals surface area contributed by atoms with Gasteiger partial charge in [-0.25, -0.2) is 13.1 Å². The van der Waals surface area contributed by atoms with Crippen LogP contribution in [0.5, 0.6) is 5.75 Å². The number of carbonyl (C=O) groups excluding carboxylic acids is 1. The van der Waals surface area contributed by atoms with Crippen LogP contribution in [-0.4, -0.2) is 30.9 Å². The lowest BCUT2D eigenvalue weighted by Gasteiger charge is -2.11. The highest BCUT2D eigenvalue weighted by Gasteiger charge is 2.15. The zero-order valence-electron chi connectivity index (χ0n) is 14.8. The van der Waals surface area contributed by atoms with Crippen LogP contribution in [0.4, 0.5) is 0 Å². The lowest BCUT2D eigenvalue weighted by molar-refractivity contribution is -0.119. The van der Waals surface area contributed by atoms with E-state index in [1.165, 1.54) is 24.3 Å². The Labute approximate surface area is 162 Å². The number of aromatic nitrogens is 2. The Hall–Kier alpha value is -3.30. The van der Waals surface area contributed by atoms with E-state index in [-0.39, 0.29) is 18.0 Å². The van der Waals surface area contributed by atoms with Gasteiger partial charge in [-0.3, -0.25) is 14.8 Å². The van der Waals surface area contributed by atoms with E-state index < -0.39 is 15.9 Å². The Balaban J connectivity index is 1.73. The molecule has 9 heteroatoms. The first-order valence-corrected chi connectivity index (χ1v) is 9.79. The van der Waals surface area contributed by atoms with E-state index in [9.17, 15) is 13.2 Å². The molecule has 0 aliphatic heterocycles. The van der Waals surface area contributed by atoms with Crippen LogP contribution in [-0.2, 0) is 21.4 Å². The van der Waals surface area contributed by atoms with Crippen molar-refractivity contribution in [1.29, 1.82) is 0 Å². The summed E-state index contributed by atoms with van der Waals surface area (Å²) in [7, 11) is -3.75. The molecule has 0 atom stereocenters. The van der Waals surface area contributed by atoms with E-state index in [0.717, 1.165) is 11.1 Å². The summed E-state index contributed by atoms with van der Waals surface area (Å²) in [5, 5.41) is 0. The van der Waals surface area contributed by atoms with Crippen LogP contribution in [0.2, 0.25) is 0 Å². The first kappa shape index (κ1) is 19.5. The molecule has 3 aromatic rings. The molecule has 2 aromatic heterocycles. The topological polar surface area (TPSA) is 124 Å². The molecule has 144 valence electrons. The fourth-order valence-corrected chi connectivity index (χ4v) is 3.48. The lowest BCUT2D eigenvalue weighted by Crippen LogP contribution is -2.23. The Kier molecular flexibility index (Phi) is 5.97. The Morgan fingerprint density at radius 1 is 1.07 bits per heavy atom. The van der Waals surface area contributed by atoms with Gasteiger partial charge in [-0.1, -0.05) is 6.07 Å². The third-order valence-electron chi connectivity index (χ3n) is 3.79. The van der Waals surface area contributed by atoms with Gasteiger partial charge < -0.3 is 10.5 Å². The maximum absolute atomic E-state index is 12.6. The normalized spacial score (nSPS) is 11.1. The van der Waals surface area contributed by atoms with E-state index in [0.29, 0.717) is 11.4 Å². The maximum atomic E-state index is 12.6. The molecule has 8 nitrogen and oxygen atoms in total. The van der Waals surface area contributed by atoms with Gasteiger partial charge in [0.25, 0.3) is 5.91 Å². The molecule has 0 aliphatic carbocycles. The molecule has 3 N–H and O–H groups in total. The average molecular weight is 398 g/mol. The molecule has 28 heavy (non-hydrogen) atoms. The van der Waals surface area contributed by atoms with Crippen LogP contribution in [0.1, 0.15) is 5.56 Å². The standard InChI is InChI=1S/C19H18N4O4S/c20-18(24)13-27-16-5-7-17(8-6-16)28(25,26)23-12-15-4-2-10-22-19(15)14-3-1-9-21-11-14/h1-11,23H,12-13H2,(H2,20,24). The van der Waals surface area contributed by atoms with Gasteiger partial charge in [-0.15, -0.1) is 0 Å². The van der Waals surface area contributed by atoms with Crippen LogP contribution in [0.15, 0.2) is 72.0 Å². The third-order valence-corrected chi connectivity index (χ3v) is 5.21. The minimum absolute atomic E-state index is 0.0698. The molecule has 0 spiro atoms. The fourth-order valence-electron chi connectivity index (χ4n) is 2.47. The molecular formula is C19H18N4O4S. The van der Waals surface area contributed by atoms with Crippen LogP contribution >= 0.6 is 0 Å². The molecule has 0 saturated heterocycles. The molecule has 0 unspecified atom stereocenters. The van der Waals surface area contributed by atoms with Crippen molar-refractivity contribution in [2.24, 2.45) is 5.73 Å². The summed E-state index contributed by atoms with van der Waals surface area (Å²) < 4.78 is 32.8. The highest BCUT2D eigenvalue weighted by atomic mass is 32.2. The second-order valence-electron chi connectivity index (χ2n) is 5.80. The fraction of sp³-hybridized carbons (Fsp3) is 0.105. The quantitative estimate of drug-likeness (QED) is 0.592. The van der Waals surface area contributed by atoms with Gasteiger partial charge in [0, 0.05) is 30.7 Å². The van der Waals surface area contributed by atoms with Gasteiger partial charge in [0.1, 0.15) is 5.75 Å². The molecule has 0 saturated carbocycles. The molecule has 3 rings (SSSR count). The van der Waals surface area contributed by atoms with Crippen LogP contribution in [0.3, 0.4) is 0 Å². The van der Waals surface area contributed by atoms with Crippen molar-refractivity contribution in [2.45, 2.75) is 11.4 Å². The van der Waals surface area contributed by atoms with E-state index >= 15 is 0 Å². The van der Waals surface area contributed by atoms with E-state index in [1.807, 2.05) is 6.07 Å². The largest absolute Gasteiger partial charge is 0.484 e. The summed E-state index contributed by atoms with van der Waals surface area (Å²) in [6, 6.07) is 12.9. The number of amides is 1. The van der Waals surface area contributed by atoms with Crippen molar-refractivity contribution in [3.8, 4) is 17.0 Å². The molecule has 0 radical (unpaired) electrons. The monoisotopic (exact) mass is 398 g/mol. The summed E-state index contributed by atoms with van der Waals surface area (Å²) in [5.74, 6) is -0.261. The van der Waals surface area contributed by atoms with E-state index in [4.69, 9.17) is 10.5 Å². The molecule has 0 fully saturated rings. The number of ether oxygens (including phenoxy) is 1. The minimum Gasteiger partial charge on any atom is -0.484 e. The minimum atomic E-state index is -3.75. The number of pyridine rings is 2. The number of hydrogen-bond donors (Lipinski definition) is 2. The highest BCUT2D eigenvalue weighted by Crippen LogP contribution is 2.21. The average Bonchev–Trinajstić information content (AvgIpc) is 2.72. The molecule has 0 aliphatic rings. The second-order valence-corrected chi connectivity index (χ2v) is 7.57. The smallest absolute Gasteiger partial charge is 0.255 e. The molecule has 2 heterocycles. The Morgan fingerprint density at radius 2 is 1.82 bits per heavy atom. The number of primary amides is 1. The van der Waals surface area contributed by atoms with E-state index in [2.05, 4.69) is 14.7 Å². The van der Waals surface area contributed by atoms with Crippen molar-refractivity contribution in [3.63, 3.8) is 0 Å². The summed E-state index contributed by atoms with van der Waals surface area (Å²) in [5.41, 5.74) is 7.19. The summed E-state index contributed by atoms with van der Waals surface area (Å²) in [6.45, 7) is -0.206. The number of hydrogen-bond acceptors (Lipinski definition) is 6. The van der Waals surface area contributed by atoms with Crippen molar-refractivity contribution in [2.75, 3.05) is 6.61 Å². The number of nitrogens with one attached hydrogen (secondary N) is 1. The summed E-state index contributed by atoms with van der Waals surface area (Å²) >= 11 is 0. The van der Waals surface area contributed by atoms with Crippen molar-refractivity contribution in [3.05, 3.63) is 72.7 Å². The van der Waals surface area contributed by atoms with Gasteiger partial charge in [0.2, 0.25) is 10.0 Å². The number of benzene rings is 1. The molecule has 1 amide bonds. The zero-order valence-corrected chi connectivity index (χ0v) is 15.6. The van der Waals surface area contributed by atoms with Gasteiger partial charge in [-0.05, 0) is 48.0 Å². The zero-order chi connectivity index (χ0) is 20.0.